The van der Waals surface area contributed by atoms with Gasteiger partial charge in [0, 0.05) is 11.7 Å². The van der Waals surface area contributed by atoms with Crippen LogP contribution in [0.2, 0.25) is 0 Å². The van der Waals surface area contributed by atoms with E-state index in [2.05, 4.69) is 43.3 Å². The number of benzene rings is 2. The minimum atomic E-state index is -2.91. The molecule has 2 aromatic rings. The van der Waals surface area contributed by atoms with Gasteiger partial charge >= 0.3 is 0 Å². The standard InChI is InChI=1S/C19H25O3P/c1-4-21-23(20,22-5-2)15-17-11-13-19(14-12-17)16(3)18-9-7-6-8-10-18/h6-16,20H,4-5H2,1-3H3. The smallest absolute Gasteiger partial charge is 0.255 e. The number of hydrogen-bond donors (Lipinski definition) is 1. The first-order valence-corrected chi connectivity index (χ1v) is 9.64. The van der Waals surface area contributed by atoms with Crippen LogP contribution in [0, 0.1) is 0 Å². The van der Waals surface area contributed by atoms with E-state index in [0.717, 1.165) is 5.56 Å². The zero-order valence-corrected chi connectivity index (χ0v) is 14.9. The number of rotatable bonds is 7. The van der Waals surface area contributed by atoms with Crippen LogP contribution in [-0.2, 0) is 9.05 Å². The molecule has 0 aliphatic heterocycles. The van der Waals surface area contributed by atoms with Crippen molar-refractivity contribution < 1.29 is 13.9 Å². The molecular formula is C19H25O3P. The molecule has 0 fully saturated rings. The lowest BCUT2D eigenvalue weighted by molar-refractivity contribution is 0.210. The van der Waals surface area contributed by atoms with E-state index in [4.69, 9.17) is 9.05 Å². The molecule has 2 rings (SSSR count). The quantitative estimate of drug-likeness (QED) is 0.739. The Hall–Kier alpha value is -1.38. The van der Waals surface area contributed by atoms with Gasteiger partial charge in [-0.05, 0) is 30.5 Å². The van der Waals surface area contributed by atoms with E-state index in [-0.39, 0.29) is 0 Å². The van der Waals surface area contributed by atoms with Gasteiger partial charge in [-0.15, -0.1) is 0 Å². The van der Waals surface area contributed by atoms with Crippen molar-refractivity contribution >= 4 is 13.4 Å². The summed E-state index contributed by atoms with van der Waals surface area (Å²) < 4.78 is 10.8. The van der Waals surface area contributed by atoms with Crippen LogP contribution in [0.4, 0.5) is 0 Å². The van der Waals surface area contributed by atoms with E-state index < -0.39 is 7.57 Å². The summed E-state index contributed by atoms with van der Waals surface area (Å²) in [5.74, 6) is 2.04. The fraction of sp³-hybridized carbons (Fsp3) is 0.316. The SMILES string of the molecule is CCOP(O)(=Cc1ccc(C(C)c2ccccc2)cc1)OCC. The molecule has 2 aromatic carbocycles. The molecule has 0 aromatic heterocycles. The minimum Gasteiger partial charge on any atom is -0.333 e. The maximum absolute atomic E-state index is 10.4. The molecule has 1 N–H and O–H groups in total. The van der Waals surface area contributed by atoms with Crippen molar-refractivity contribution in [3.63, 3.8) is 0 Å². The van der Waals surface area contributed by atoms with E-state index in [1.807, 2.05) is 32.0 Å². The van der Waals surface area contributed by atoms with Crippen LogP contribution in [0.5, 0.6) is 0 Å². The first-order valence-electron chi connectivity index (χ1n) is 7.99. The zero-order chi connectivity index (χ0) is 16.7. The fourth-order valence-corrected chi connectivity index (χ4v) is 3.99. The monoisotopic (exact) mass is 332 g/mol. The van der Waals surface area contributed by atoms with Gasteiger partial charge in [-0.3, -0.25) is 0 Å². The summed E-state index contributed by atoms with van der Waals surface area (Å²) in [7, 11) is -2.91. The lowest BCUT2D eigenvalue weighted by atomic mass is 9.93. The maximum Gasteiger partial charge on any atom is 0.255 e. The Morgan fingerprint density at radius 2 is 1.43 bits per heavy atom. The van der Waals surface area contributed by atoms with E-state index in [1.54, 1.807) is 5.80 Å². The third-order valence-corrected chi connectivity index (χ3v) is 5.56. The molecule has 0 heterocycles. The molecular weight excluding hydrogens is 307 g/mol. The van der Waals surface area contributed by atoms with Crippen molar-refractivity contribution in [1.82, 2.24) is 0 Å². The van der Waals surface area contributed by atoms with Crippen molar-refractivity contribution in [3.8, 4) is 0 Å². The molecule has 3 nitrogen and oxygen atoms in total. The summed E-state index contributed by atoms with van der Waals surface area (Å²) in [5.41, 5.74) is 3.44. The van der Waals surface area contributed by atoms with Gasteiger partial charge < -0.3 is 13.9 Å². The summed E-state index contributed by atoms with van der Waals surface area (Å²) in [6.07, 6.45) is 0. The summed E-state index contributed by atoms with van der Waals surface area (Å²) in [4.78, 5) is 10.4. The second-order valence-electron chi connectivity index (χ2n) is 5.33. The van der Waals surface area contributed by atoms with Crippen molar-refractivity contribution in [2.45, 2.75) is 26.7 Å². The molecule has 0 saturated carbocycles. The molecule has 0 saturated heterocycles. The van der Waals surface area contributed by atoms with Crippen molar-refractivity contribution in [1.29, 1.82) is 0 Å². The lowest BCUT2D eigenvalue weighted by Gasteiger charge is -2.18. The van der Waals surface area contributed by atoms with Crippen molar-refractivity contribution in [2.24, 2.45) is 0 Å². The van der Waals surface area contributed by atoms with Gasteiger partial charge in [0.25, 0.3) is 7.57 Å². The molecule has 124 valence electrons. The second-order valence-corrected chi connectivity index (χ2v) is 7.23. The van der Waals surface area contributed by atoms with E-state index in [1.165, 1.54) is 11.1 Å². The van der Waals surface area contributed by atoms with E-state index in [0.29, 0.717) is 19.1 Å². The van der Waals surface area contributed by atoms with E-state index in [9.17, 15) is 4.89 Å². The molecule has 0 spiro atoms. The van der Waals surface area contributed by atoms with Gasteiger partial charge in [-0.1, -0.05) is 61.5 Å². The largest absolute Gasteiger partial charge is 0.333 e. The Balaban J connectivity index is 2.22. The fourth-order valence-electron chi connectivity index (χ4n) is 2.48. The van der Waals surface area contributed by atoms with Crippen LogP contribution in [0.1, 0.15) is 43.4 Å². The Labute approximate surface area is 139 Å². The third-order valence-electron chi connectivity index (χ3n) is 3.68. The highest BCUT2D eigenvalue weighted by atomic mass is 31.2. The van der Waals surface area contributed by atoms with Crippen LogP contribution in [-0.4, -0.2) is 23.9 Å². The molecule has 4 heteroatoms. The highest BCUT2D eigenvalue weighted by molar-refractivity contribution is 7.60. The van der Waals surface area contributed by atoms with Gasteiger partial charge in [0.05, 0.1) is 13.2 Å². The summed E-state index contributed by atoms with van der Waals surface area (Å²) in [6, 6.07) is 18.6. The van der Waals surface area contributed by atoms with Crippen LogP contribution >= 0.6 is 7.57 Å². The molecule has 0 amide bonds. The molecule has 1 unspecified atom stereocenters. The minimum absolute atomic E-state index is 0.331. The first kappa shape index (κ1) is 18.0. The topological polar surface area (TPSA) is 38.7 Å². The second kappa shape index (κ2) is 8.47. The van der Waals surface area contributed by atoms with Gasteiger partial charge in [-0.25, -0.2) is 0 Å². The van der Waals surface area contributed by atoms with Crippen LogP contribution in [0.15, 0.2) is 54.6 Å². The van der Waals surface area contributed by atoms with Crippen LogP contribution < -0.4 is 0 Å². The van der Waals surface area contributed by atoms with Crippen molar-refractivity contribution in [3.05, 3.63) is 71.3 Å². The lowest BCUT2D eigenvalue weighted by Crippen LogP contribution is -2.00. The number of hydrogen-bond acceptors (Lipinski definition) is 3. The highest BCUT2D eigenvalue weighted by Gasteiger charge is 2.14. The van der Waals surface area contributed by atoms with E-state index >= 15 is 0 Å². The Kier molecular flexibility index (Phi) is 6.61. The normalized spacial score (nSPS) is 12.9. The average Bonchev–Trinajstić information content (AvgIpc) is 2.56. The van der Waals surface area contributed by atoms with Crippen LogP contribution in [0.3, 0.4) is 0 Å². The molecule has 0 aliphatic carbocycles. The summed E-state index contributed by atoms with van der Waals surface area (Å²) >= 11 is 0. The molecule has 1 atom stereocenters. The Morgan fingerprint density at radius 1 is 0.913 bits per heavy atom. The predicted octanol–water partition coefficient (Wildman–Crippen LogP) is 4.82. The highest BCUT2D eigenvalue weighted by Crippen LogP contribution is 2.45. The van der Waals surface area contributed by atoms with Gasteiger partial charge in [0.2, 0.25) is 0 Å². The molecule has 23 heavy (non-hydrogen) atoms. The summed E-state index contributed by atoms with van der Waals surface area (Å²) in [5, 5.41) is 0. The molecule has 0 aliphatic rings. The Bertz CT molecular complexity index is 640. The average molecular weight is 332 g/mol. The Morgan fingerprint density at radius 3 is 1.96 bits per heavy atom. The van der Waals surface area contributed by atoms with Crippen LogP contribution in [0.25, 0.3) is 0 Å². The predicted molar refractivity (Wildman–Crippen MR) is 98.0 cm³/mol. The first-order chi connectivity index (χ1) is 11.1. The van der Waals surface area contributed by atoms with Gasteiger partial charge in [-0.2, -0.15) is 0 Å². The maximum atomic E-state index is 10.4. The van der Waals surface area contributed by atoms with Crippen molar-refractivity contribution in [2.75, 3.05) is 13.2 Å². The van der Waals surface area contributed by atoms with Gasteiger partial charge in [0.1, 0.15) is 0 Å². The third kappa shape index (κ3) is 5.05. The van der Waals surface area contributed by atoms with Gasteiger partial charge in [0.15, 0.2) is 0 Å². The summed E-state index contributed by atoms with van der Waals surface area (Å²) in [6.45, 7) is 6.73. The molecule has 0 radical (unpaired) electrons. The molecule has 0 bridgehead atoms. The zero-order valence-electron chi connectivity index (χ0n) is 14.0.